The van der Waals surface area contributed by atoms with Gasteiger partial charge in [0.1, 0.15) is 0 Å². The van der Waals surface area contributed by atoms with E-state index in [1.807, 2.05) is 12.1 Å². The third-order valence-corrected chi connectivity index (χ3v) is 5.89. The van der Waals surface area contributed by atoms with Crippen molar-refractivity contribution in [3.8, 4) is 0 Å². The van der Waals surface area contributed by atoms with Gasteiger partial charge in [-0.1, -0.05) is 103 Å². The van der Waals surface area contributed by atoms with E-state index >= 15 is 0 Å². The lowest BCUT2D eigenvalue weighted by molar-refractivity contribution is 0.262. The van der Waals surface area contributed by atoms with Gasteiger partial charge in [0.2, 0.25) is 0 Å². The highest BCUT2D eigenvalue weighted by molar-refractivity contribution is 6.00. The molecule has 2 aromatic carbocycles. The summed E-state index contributed by atoms with van der Waals surface area (Å²) in [5.74, 6) is 0.694. The van der Waals surface area contributed by atoms with Crippen LogP contribution in [0, 0.1) is 0 Å². The average molecular weight is 423 g/mol. The van der Waals surface area contributed by atoms with Crippen molar-refractivity contribution in [2.75, 3.05) is 10.6 Å². The second kappa shape index (κ2) is 13.2. The summed E-state index contributed by atoms with van der Waals surface area (Å²) in [6, 6.07) is 14.4. The number of carbonyl (C=O) groups is 1. The zero-order valence-electron chi connectivity index (χ0n) is 20.3. The van der Waals surface area contributed by atoms with E-state index < -0.39 is 0 Å². The van der Waals surface area contributed by atoms with Gasteiger partial charge in [0.15, 0.2) is 0 Å². The van der Waals surface area contributed by atoms with Gasteiger partial charge in [-0.25, -0.2) is 4.79 Å². The smallest absolute Gasteiger partial charge is 0.308 e. The molecule has 0 heterocycles. The van der Waals surface area contributed by atoms with E-state index in [-0.39, 0.29) is 6.03 Å². The van der Waals surface area contributed by atoms with Gasteiger partial charge in [-0.3, -0.25) is 0 Å². The molecule has 0 fully saturated rings. The fraction of sp³-hybridized carbons (Fsp3) is 0.536. The molecular weight excluding hydrogens is 380 g/mol. The van der Waals surface area contributed by atoms with Crippen LogP contribution in [0.1, 0.15) is 108 Å². The van der Waals surface area contributed by atoms with Gasteiger partial charge in [-0.15, -0.1) is 0 Å². The zero-order chi connectivity index (χ0) is 22.6. The third kappa shape index (κ3) is 8.40. The monoisotopic (exact) mass is 422 g/mol. The third-order valence-electron chi connectivity index (χ3n) is 5.89. The molecule has 0 radical (unpaired) electrons. The first-order valence-electron chi connectivity index (χ1n) is 12.2. The summed E-state index contributed by atoms with van der Waals surface area (Å²) in [6.07, 6.45) is 10.4. The van der Waals surface area contributed by atoms with Gasteiger partial charge in [0.25, 0.3) is 0 Å². The van der Waals surface area contributed by atoms with Crippen molar-refractivity contribution in [1.29, 1.82) is 0 Å². The number of hydrogen-bond acceptors (Lipinski definition) is 1. The van der Waals surface area contributed by atoms with Crippen LogP contribution in [0.2, 0.25) is 0 Å². The summed E-state index contributed by atoms with van der Waals surface area (Å²) in [5, 5.41) is 6.11. The van der Waals surface area contributed by atoms with Crippen molar-refractivity contribution in [3.05, 3.63) is 59.2 Å². The first-order chi connectivity index (χ1) is 14.9. The van der Waals surface area contributed by atoms with Gasteiger partial charge >= 0.3 is 6.03 Å². The number of nitrogens with one attached hydrogen (secondary N) is 2. The highest BCUT2D eigenvalue weighted by Gasteiger charge is 2.16. The summed E-state index contributed by atoms with van der Waals surface area (Å²) in [5.41, 5.74) is 5.46. The SMILES string of the molecule is CCCCCCCCCc1ccc(NC(=O)Nc2c(C(C)C)cccc2C(C)C)cc1. The lowest BCUT2D eigenvalue weighted by atomic mass is 9.93. The van der Waals surface area contributed by atoms with Crippen LogP contribution < -0.4 is 10.6 Å². The maximum atomic E-state index is 12.7. The average Bonchev–Trinajstić information content (AvgIpc) is 2.74. The van der Waals surface area contributed by atoms with Crippen LogP contribution in [-0.2, 0) is 6.42 Å². The summed E-state index contributed by atoms with van der Waals surface area (Å²) in [6.45, 7) is 10.9. The maximum absolute atomic E-state index is 12.7. The van der Waals surface area contributed by atoms with Crippen LogP contribution in [0.3, 0.4) is 0 Å². The highest BCUT2D eigenvalue weighted by atomic mass is 16.2. The van der Waals surface area contributed by atoms with Crippen molar-refractivity contribution in [2.45, 2.75) is 97.8 Å². The number of rotatable bonds is 12. The van der Waals surface area contributed by atoms with Crippen LogP contribution in [0.4, 0.5) is 16.2 Å². The molecular formula is C28H42N2O. The molecule has 0 atom stereocenters. The predicted octanol–water partition coefficient (Wildman–Crippen LogP) is 8.87. The minimum absolute atomic E-state index is 0.185. The van der Waals surface area contributed by atoms with Gasteiger partial charge in [-0.2, -0.15) is 0 Å². The summed E-state index contributed by atoms with van der Waals surface area (Å²) >= 11 is 0. The summed E-state index contributed by atoms with van der Waals surface area (Å²) in [7, 11) is 0. The molecule has 0 saturated carbocycles. The minimum atomic E-state index is -0.185. The summed E-state index contributed by atoms with van der Waals surface area (Å²) < 4.78 is 0. The van der Waals surface area contributed by atoms with E-state index in [1.54, 1.807) is 0 Å². The number of urea groups is 1. The van der Waals surface area contributed by atoms with Crippen molar-refractivity contribution in [2.24, 2.45) is 0 Å². The van der Waals surface area contributed by atoms with Crippen molar-refractivity contribution in [3.63, 3.8) is 0 Å². The Kier molecular flexibility index (Phi) is 10.6. The van der Waals surface area contributed by atoms with Gasteiger partial charge in [0, 0.05) is 11.4 Å². The number of unbranched alkanes of at least 4 members (excludes halogenated alkanes) is 6. The molecule has 0 saturated heterocycles. The molecule has 2 amide bonds. The van der Waals surface area contributed by atoms with Crippen LogP contribution >= 0.6 is 0 Å². The number of hydrogen-bond donors (Lipinski definition) is 2. The molecule has 3 heteroatoms. The molecule has 170 valence electrons. The normalized spacial score (nSPS) is 11.2. The predicted molar refractivity (Wildman–Crippen MR) is 135 cm³/mol. The second-order valence-electron chi connectivity index (χ2n) is 9.27. The molecule has 0 aliphatic heterocycles. The Morgan fingerprint density at radius 1 is 0.742 bits per heavy atom. The molecule has 0 bridgehead atoms. The summed E-state index contributed by atoms with van der Waals surface area (Å²) in [4.78, 5) is 12.7. The quantitative estimate of drug-likeness (QED) is 0.329. The Hall–Kier alpha value is -2.29. The van der Waals surface area contributed by atoms with Gasteiger partial charge in [-0.05, 0) is 53.5 Å². The van der Waals surface area contributed by atoms with Crippen molar-refractivity contribution < 1.29 is 4.79 Å². The number of aryl methyl sites for hydroxylation is 1. The first kappa shape index (κ1) is 25.0. The zero-order valence-corrected chi connectivity index (χ0v) is 20.3. The van der Waals surface area contributed by atoms with Crippen LogP contribution in [0.25, 0.3) is 0 Å². The fourth-order valence-corrected chi connectivity index (χ4v) is 4.01. The number of carbonyl (C=O) groups excluding carboxylic acids is 1. The van der Waals surface area contributed by atoms with Crippen molar-refractivity contribution in [1.82, 2.24) is 0 Å². The Labute approximate surface area is 190 Å². The molecule has 0 unspecified atom stereocenters. The molecule has 0 aliphatic rings. The van der Waals surface area contributed by atoms with E-state index in [2.05, 4.69) is 75.6 Å². The lowest BCUT2D eigenvalue weighted by Gasteiger charge is -2.20. The maximum Gasteiger partial charge on any atom is 0.323 e. The van der Waals surface area contributed by atoms with Crippen molar-refractivity contribution >= 4 is 17.4 Å². The van der Waals surface area contributed by atoms with Crippen LogP contribution in [0.15, 0.2) is 42.5 Å². The largest absolute Gasteiger partial charge is 0.323 e. The Morgan fingerprint density at radius 3 is 1.84 bits per heavy atom. The minimum Gasteiger partial charge on any atom is -0.308 e. The number of benzene rings is 2. The van der Waals surface area contributed by atoms with E-state index in [4.69, 9.17) is 0 Å². The lowest BCUT2D eigenvalue weighted by Crippen LogP contribution is -2.21. The Balaban J connectivity index is 1.88. The Bertz CT molecular complexity index is 767. The van der Waals surface area contributed by atoms with Gasteiger partial charge in [0.05, 0.1) is 0 Å². The van der Waals surface area contributed by atoms with Crippen LogP contribution in [-0.4, -0.2) is 6.03 Å². The van der Waals surface area contributed by atoms with Crippen LogP contribution in [0.5, 0.6) is 0 Å². The number of anilines is 2. The molecule has 0 aromatic heterocycles. The molecule has 3 nitrogen and oxygen atoms in total. The molecule has 31 heavy (non-hydrogen) atoms. The molecule has 2 rings (SSSR count). The second-order valence-corrected chi connectivity index (χ2v) is 9.27. The highest BCUT2D eigenvalue weighted by Crippen LogP contribution is 2.32. The standard InChI is InChI=1S/C28H42N2O/c1-6-7-8-9-10-11-12-14-23-17-19-24(20-18-23)29-28(31)30-27-25(21(2)3)15-13-16-26(27)22(4)5/h13,15-22H,6-12,14H2,1-5H3,(H2,29,30,31). The van der Waals surface area contributed by atoms with E-state index in [1.165, 1.54) is 61.6 Å². The van der Waals surface area contributed by atoms with E-state index in [9.17, 15) is 4.79 Å². The first-order valence-corrected chi connectivity index (χ1v) is 12.2. The fourth-order valence-electron chi connectivity index (χ4n) is 4.01. The number of amides is 2. The van der Waals surface area contributed by atoms with E-state index in [0.717, 1.165) is 17.8 Å². The molecule has 0 spiro atoms. The molecule has 2 aromatic rings. The topological polar surface area (TPSA) is 41.1 Å². The number of para-hydroxylation sites is 1. The van der Waals surface area contributed by atoms with Gasteiger partial charge < -0.3 is 10.6 Å². The molecule has 0 aliphatic carbocycles. The molecule has 2 N–H and O–H groups in total. The van der Waals surface area contributed by atoms with E-state index in [0.29, 0.717) is 11.8 Å². The Morgan fingerprint density at radius 2 is 1.29 bits per heavy atom.